The van der Waals surface area contributed by atoms with Crippen LogP contribution in [-0.4, -0.2) is 60.4 Å². The third-order valence-electron chi connectivity index (χ3n) is 5.91. The van der Waals surface area contributed by atoms with E-state index in [4.69, 9.17) is 18.9 Å². The lowest BCUT2D eigenvalue weighted by Gasteiger charge is -2.44. The van der Waals surface area contributed by atoms with Crippen LogP contribution < -0.4 is 9.47 Å². The summed E-state index contributed by atoms with van der Waals surface area (Å²) in [6.07, 6.45) is -3.10. The van der Waals surface area contributed by atoms with Gasteiger partial charge in [-0.15, -0.1) is 0 Å². The van der Waals surface area contributed by atoms with Gasteiger partial charge in [-0.1, -0.05) is 24.3 Å². The number of ether oxygens (including phenoxy) is 4. The third kappa shape index (κ3) is 2.29. The van der Waals surface area contributed by atoms with Crippen molar-refractivity contribution in [3.63, 3.8) is 0 Å². The van der Waals surface area contributed by atoms with Crippen molar-refractivity contribution in [1.82, 2.24) is 0 Å². The van der Waals surface area contributed by atoms with Gasteiger partial charge in [0.1, 0.15) is 23.7 Å². The Bertz CT molecular complexity index is 927. The molecule has 4 rings (SSSR count). The van der Waals surface area contributed by atoms with Crippen molar-refractivity contribution in [2.45, 2.75) is 29.2 Å². The third-order valence-corrected chi connectivity index (χ3v) is 5.91. The maximum atomic E-state index is 13.4. The average Bonchev–Trinajstić information content (AvgIpc) is 3.15. The number of aliphatic hydroxyl groups excluding tert-OH is 1. The van der Waals surface area contributed by atoms with Gasteiger partial charge in [-0.25, -0.2) is 0 Å². The van der Waals surface area contributed by atoms with Crippen LogP contribution in [0.25, 0.3) is 0 Å². The quantitative estimate of drug-likeness (QED) is 0.661. The molecule has 8 nitrogen and oxygen atoms in total. The molecule has 2 aromatic carbocycles. The molecule has 29 heavy (non-hydrogen) atoms. The lowest BCUT2D eigenvalue weighted by Crippen LogP contribution is -2.68. The van der Waals surface area contributed by atoms with E-state index in [0.717, 1.165) is 0 Å². The second-order valence-corrected chi connectivity index (χ2v) is 7.12. The van der Waals surface area contributed by atoms with Crippen molar-refractivity contribution in [3.05, 3.63) is 59.7 Å². The zero-order valence-electron chi connectivity index (χ0n) is 16.2. The second kappa shape index (κ2) is 6.51. The molecule has 2 bridgehead atoms. The summed E-state index contributed by atoms with van der Waals surface area (Å²) in [4.78, 5) is 13.4. The van der Waals surface area contributed by atoms with Crippen LogP contribution in [0.2, 0.25) is 0 Å². The topological polar surface area (TPSA) is 115 Å². The molecule has 0 aromatic heterocycles. The fourth-order valence-electron chi connectivity index (χ4n) is 4.31. The molecule has 2 heterocycles. The van der Waals surface area contributed by atoms with Crippen LogP contribution in [0.4, 0.5) is 0 Å². The van der Waals surface area contributed by atoms with E-state index in [1.807, 2.05) is 0 Å². The minimum atomic E-state index is -2.29. The average molecular weight is 402 g/mol. The lowest BCUT2D eigenvalue weighted by atomic mass is 9.66. The molecular formula is C21H22O8. The molecule has 0 aliphatic carbocycles. The summed E-state index contributed by atoms with van der Waals surface area (Å²) < 4.78 is 21.3. The van der Waals surface area contributed by atoms with E-state index in [9.17, 15) is 20.1 Å². The van der Waals surface area contributed by atoms with Crippen LogP contribution in [-0.2, 0) is 25.5 Å². The zero-order chi connectivity index (χ0) is 21.0. The van der Waals surface area contributed by atoms with E-state index in [1.54, 1.807) is 24.3 Å². The highest BCUT2D eigenvalue weighted by Crippen LogP contribution is 2.60. The van der Waals surface area contributed by atoms with Gasteiger partial charge < -0.3 is 34.3 Å². The van der Waals surface area contributed by atoms with Gasteiger partial charge >= 0.3 is 0 Å². The molecule has 2 aliphatic heterocycles. The van der Waals surface area contributed by atoms with Gasteiger partial charge in [0.05, 0.1) is 14.2 Å². The van der Waals surface area contributed by atoms with Gasteiger partial charge in [0, 0.05) is 7.11 Å². The molecule has 2 fully saturated rings. The number of methoxy groups -OCH3 is 3. The summed E-state index contributed by atoms with van der Waals surface area (Å²) in [6.45, 7) is 0. The number of carbonyl (C=O) groups excluding carboxylic acids is 1. The number of ketones is 1. The van der Waals surface area contributed by atoms with E-state index in [-0.39, 0.29) is 11.1 Å². The molecule has 2 saturated heterocycles. The van der Waals surface area contributed by atoms with Gasteiger partial charge in [-0.2, -0.15) is 0 Å². The van der Waals surface area contributed by atoms with Crippen molar-refractivity contribution in [3.8, 4) is 11.5 Å². The van der Waals surface area contributed by atoms with Gasteiger partial charge in [0.2, 0.25) is 5.78 Å². The van der Waals surface area contributed by atoms with E-state index >= 15 is 0 Å². The first-order valence-corrected chi connectivity index (χ1v) is 8.99. The lowest BCUT2D eigenvalue weighted by molar-refractivity contribution is -0.259. The van der Waals surface area contributed by atoms with Crippen LogP contribution in [0, 0.1) is 0 Å². The van der Waals surface area contributed by atoms with Gasteiger partial charge in [0.15, 0.2) is 11.2 Å². The predicted molar refractivity (Wildman–Crippen MR) is 99.4 cm³/mol. The summed E-state index contributed by atoms with van der Waals surface area (Å²) in [5.41, 5.74) is -4.04. The van der Waals surface area contributed by atoms with Crippen molar-refractivity contribution in [2.75, 3.05) is 21.3 Å². The molecule has 0 amide bonds. The van der Waals surface area contributed by atoms with Crippen LogP contribution >= 0.6 is 0 Å². The number of hydrogen-bond donors (Lipinski definition) is 3. The summed E-state index contributed by atoms with van der Waals surface area (Å²) in [7, 11) is 4.17. The van der Waals surface area contributed by atoms with Gasteiger partial charge in [-0.05, 0) is 35.4 Å². The zero-order valence-corrected chi connectivity index (χ0v) is 16.2. The molecule has 0 spiro atoms. The summed E-state index contributed by atoms with van der Waals surface area (Å²) in [5, 5.41) is 33.8. The molecule has 5 unspecified atom stereocenters. The second-order valence-electron chi connectivity index (χ2n) is 7.12. The molecule has 2 aliphatic rings. The van der Waals surface area contributed by atoms with Crippen molar-refractivity contribution in [2.24, 2.45) is 0 Å². The van der Waals surface area contributed by atoms with E-state index < -0.39 is 35.0 Å². The largest absolute Gasteiger partial charge is 0.497 e. The first-order chi connectivity index (χ1) is 13.8. The van der Waals surface area contributed by atoms with Crippen LogP contribution in [0.3, 0.4) is 0 Å². The van der Waals surface area contributed by atoms with Crippen molar-refractivity contribution >= 4 is 5.78 Å². The van der Waals surface area contributed by atoms with Gasteiger partial charge in [-0.3, -0.25) is 4.79 Å². The normalized spacial score (nSPS) is 35.7. The Hall–Kier alpha value is -2.49. The first-order valence-electron chi connectivity index (χ1n) is 8.99. The molecule has 3 N–H and O–H groups in total. The van der Waals surface area contributed by atoms with Crippen molar-refractivity contribution in [1.29, 1.82) is 0 Å². The van der Waals surface area contributed by atoms with Crippen molar-refractivity contribution < 1.29 is 39.1 Å². The first kappa shape index (κ1) is 19.8. The Morgan fingerprint density at radius 1 is 0.862 bits per heavy atom. The molecule has 0 radical (unpaired) electrons. The number of aliphatic hydroxyl groups is 3. The molecular weight excluding hydrogens is 380 g/mol. The Kier molecular flexibility index (Phi) is 4.45. The van der Waals surface area contributed by atoms with Crippen LogP contribution in [0.5, 0.6) is 11.5 Å². The molecule has 2 aromatic rings. The van der Waals surface area contributed by atoms with E-state index in [2.05, 4.69) is 0 Å². The van der Waals surface area contributed by atoms with Crippen LogP contribution in [0.15, 0.2) is 48.5 Å². The minimum absolute atomic E-state index is 0.195. The number of Topliss-reactive ketones (excluding diaryl/α,β-unsaturated/α-hetero) is 1. The smallest absolute Gasteiger partial charge is 0.269 e. The molecule has 8 heteroatoms. The Morgan fingerprint density at radius 2 is 1.34 bits per heavy atom. The highest BCUT2D eigenvalue weighted by molar-refractivity contribution is 6.00. The number of benzene rings is 2. The number of hydrogen-bond acceptors (Lipinski definition) is 8. The maximum Gasteiger partial charge on any atom is 0.269 e. The minimum Gasteiger partial charge on any atom is -0.497 e. The number of fused-ring (bicyclic) bond motifs is 2. The molecule has 154 valence electrons. The standard InChI is InChI=1S/C21H22O8/c1-26-14-8-4-12(5-9-14)19(24)17-16(22)20(25,21(28-3,29-17)18(19)23)13-6-10-15(27-2)11-7-13/h4-11,16-17,22,24-25H,1-3H3. The Morgan fingerprint density at radius 3 is 1.79 bits per heavy atom. The molecule has 0 saturated carbocycles. The fraction of sp³-hybridized carbons (Fsp3) is 0.381. The molecule has 5 atom stereocenters. The monoisotopic (exact) mass is 402 g/mol. The Balaban J connectivity index is 1.82. The Labute approximate surface area is 167 Å². The fourth-order valence-corrected chi connectivity index (χ4v) is 4.31. The van der Waals surface area contributed by atoms with Gasteiger partial charge in [0.25, 0.3) is 5.79 Å². The summed E-state index contributed by atoms with van der Waals surface area (Å²) in [5.74, 6) is -2.12. The maximum absolute atomic E-state index is 13.4. The number of carbonyl (C=O) groups is 1. The summed E-state index contributed by atoms with van der Waals surface area (Å²) in [6, 6.07) is 12.3. The summed E-state index contributed by atoms with van der Waals surface area (Å²) >= 11 is 0. The highest BCUT2D eigenvalue weighted by Gasteiger charge is 2.83. The predicted octanol–water partition coefficient (Wildman–Crippen LogP) is 0.464. The van der Waals surface area contributed by atoms with E-state index in [1.165, 1.54) is 45.6 Å². The highest BCUT2D eigenvalue weighted by atomic mass is 16.7. The van der Waals surface area contributed by atoms with E-state index in [0.29, 0.717) is 11.5 Å². The number of rotatable bonds is 5. The SMILES string of the molecule is COc1ccc(C2(O)C(=O)C3(OC)OC2C(O)C3(O)c2ccc(OC)cc2)cc1. The van der Waals surface area contributed by atoms with Crippen LogP contribution in [0.1, 0.15) is 11.1 Å².